The summed E-state index contributed by atoms with van der Waals surface area (Å²) in [6.45, 7) is 0. The van der Waals surface area contributed by atoms with Crippen LogP contribution in [-0.4, -0.2) is 32.3 Å². The third-order valence-electron chi connectivity index (χ3n) is 5.33. The van der Waals surface area contributed by atoms with Gasteiger partial charge in [0.25, 0.3) is 11.6 Å². The summed E-state index contributed by atoms with van der Waals surface area (Å²) in [4.78, 5) is 36.2. The second kappa shape index (κ2) is 10.8. The van der Waals surface area contributed by atoms with Crippen LogP contribution in [-0.2, 0) is 25.1 Å². The molecule has 0 radical (unpaired) electrons. The van der Waals surface area contributed by atoms with Gasteiger partial charge in [-0.1, -0.05) is 49.7 Å². The largest absolute Gasteiger partial charge is 0.465 e. The van der Waals surface area contributed by atoms with E-state index in [2.05, 4.69) is 41.9 Å². The fraction of sp³-hybridized carbons (Fsp3) is 0.0833. The first-order chi connectivity index (χ1) is 17.5. The minimum atomic E-state index is -3.75. The van der Waals surface area contributed by atoms with Crippen LogP contribution in [0.15, 0.2) is 78.2 Å². The average molecular weight is 668 g/mol. The molecule has 9 nitrogen and oxygen atoms in total. The summed E-state index contributed by atoms with van der Waals surface area (Å²) in [7, 11) is -2.58. The van der Waals surface area contributed by atoms with Crippen molar-refractivity contribution in [3.05, 3.63) is 95.3 Å². The lowest BCUT2D eigenvalue weighted by molar-refractivity contribution is -0.385. The molecule has 0 aromatic heterocycles. The Morgan fingerprint density at radius 3 is 2.49 bits per heavy atom. The quantitative estimate of drug-likeness (QED) is 0.147. The molecule has 1 aliphatic rings. The molecule has 0 saturated heterocycles. The van der Waals surface area contributed by atoms with E-state index in [9.17, 15) is 28.1 Å². The van der Waals surface area contributed by atoms with Gasteiger partial charge in [-0.15, -0.1) is 0 Å². The number of carbonyl (C=O) groups is 2. The van der Waals surface area contributed by atoms with Gasteiger partial charge in [0.2, 0.25) is 0 Å². The third-order valence-corrected chi connectivity index (χ3v) is 9.56. The maximum absolute atomic E-state index is 13.1. The standard InChI is InChI=1S/C24H16Br2N2O7S2/c1-35-24(30)14-6-5-13(20(9-14)28(31)32)10-22-23(29)27-19-11-15(7-8-21(19)36-22)37(33,34)12-16-17(25)3-2-4-18(16)26/h2-11H,12H2,1H3,(H,27,29). The van der Waals surface area contributed by atoms with E-state index in [0.717, 1.165) is 17.8 Å². The number of hydrogen-bond acceptors (Lipinski definition) is 8. The maximum atomic E-state index is 13.1. The van der Waals surface area contributed by atoms with E-state index < -0.39 is 26.6 Å². The molecule has 1 amide bonds. The van der Waals surface area contributed by atoms with Crippen molar-refractivity contribution in [1.29, 1.82) is 0 Å². The van der Waals surface area contributed by atoms with E-state index in [1.807, 2.05) is 0 Å². The number of sulfone groups is 1. The molecule has 0 spiro atoms. The van der Waals surface area contributed by atoms with E-state index in [1.54, 1.807) is 24.3 Å². The number of esters is 1. The molecule has 4 rings (SSSR count). The monoisotopic (exact) mass is 666 g/mol. The second-order valence-electron chi connectivity index (χ2n) is 7.70. The molecule has 1 aliphatic heterocycles. The predicted octanol–water partition coefficient (Wildman–Crippen LogP) is 5.97. The van der Waals surface area contributed by atoms with E-state index >= 15 is 0 Å². The van der Waals surface area contributed by atoms with E-state index in [4.69, 9.17) is 0 Å². The topological polar surface area (TPSA) is 133 Å². The first-order valence-corrected chi connectivity index (χ1v) is 14.4. The summed E-state index contributed by atoms with van der Waals surface area (Å²) >= 11 is 7.80. The molecule has 0 fully saturated rings. The van der Waals surface area contributed by atoms with Crippen LogP contribution in [0.5, 0.6) is 0 Å². The third kappa shape index (κ3) is 5.79. The first kappa shape index (κ1) is 27.0. The van der Waals surface area contributed by atoms with Crippen LogP contribution in [0.4, 0.5) is 11.4 Å². The number of fused-ring (bicyclic) bond motifs is 1. The Morgan fingerprint density at radius 1 is 1.14 bits per heavy atom. The summed E-state index contributed by atoms with van der Waals surface area (Å²) in [5.74, 6) is -1.53. The van der Waals surface area contributed by atoms with E-state index in [-0.39, 0.29) is 32.4 Å². The number of ether oxygens (including phenoxy) is 1. The zero-order valence-electron chi connectivity index (χ0n) is 18.9. The molecule has 0 bridgehead atoms. The van der Waals surface area contributed by atoms with Gasteiger partial charge in [0.05, 0.1) is 44.4 Å². The first-order valence-electron chi connectivity index (χ1n) is 10.4. The van der Waals surface area contributed by atoms with Crippen LogP contribution in [0.25, 0.3) is 6.08 Å². The number of methoxy groups -OCH3 is 1. The number of nitro benzene ring substituents is 1. The highest BCUT2D eigenvalue weighted by Crippen LogP contribution is 2.41. The van der Waals surface area contributed by atoms with Gasteiger partial charge in [0.1, 0.15) is 0 Å². The fourth-order valence-corrected chi connectivity index (χ4v) is 7.49. The van der Waals surface area contributed by atoms with Crippen LogP contribution in [0.2, 0.25) is 0 Å². The van der Waals surface area contributed by atoms with Gasteiger partial charge in [-0.05, 0) is 54.1 Å². The molecular formula is C24H16Br2N2O7S2. The van der Waals surface area contributed by atoms with Gasteiger partial charge in [-0.2, -0.15) is 0 Å². The maximum Gasteiger partial charge on any atom is 0.338 e. The number of halogens is 2. The van der Waals surface area contributed by atoms with Crippen molar-refractivity contribution in [1.82, 2.24) is 0 Å². The van der Waals surface area contributed by atoms with Gasteiger partial charge >= 0.3 is 5.97 Å². The van der Waals surface area contributed by atoms with Gasteiger partial charge in [-0.25, -0.2) is 13.2 Å². The molecular weight excluding hydrogens is 652 g/mol. The zero-order valence-corrected chi connectivity index (χ0v) is 23.7. The summed E-state index contributed by atoms with van der Waals surface area (Å²) in [5, 5.41) is 14.2. The van der Waals surface area contributed by atoms with Crippen molar-refractivity contribution in [3.8, 4) is 0 Å². The number of hydrogen-bond donors (Lipinski definition) is 1. The summed E-state index contributed by atoms with van der Waals surface area (Å²) in [6, 6.07) is 13.5. The van der Waals surface area contributed by atoms with E-state index in [0.29, 0.717) is 25.1 Å². The van der Waals surface area contributed by atoms with Crippen molar-refractivity contribution in [2.24, 2.45) is 0 Å². The van der Waals surface area contributed by atoms with Crippen molar-refractivity contribution in [2.45, 2.75) is 15.5 Å². The van der Waals surface area contributed by atoms with Gasteiger partial charge in [0.15, 0.2) is 9.84 Å². The molecule has 0 aliphatic carbocycles. The van der Waals surface area contributed by atoms with Crippen LogP contribution >= 0.6 is 43.6 Å². The molecule has 3 aromatic rings. The Balaban J connectivity index is 1.64. The molecule has 0 saturated carbocycles. The molecule has 1 heterocycles. The highest BCUT2D eigenvalue weighted by molar-refractivity contribution is 9.11. The molecule has 3 aromatic carbocycles. The van der Waals surface area contributed by atoms with Crippen molar-refractivity contribution in [3.63, 3.8) is 0 Å². The van der Waals surface area contributed by atoms with Crippen LogP contribution < -0.4 is 5.32 Å². The number of nitro groups is 1. The number of anilines is 1. The van der Waals surface area contributed by atoms with Crippen molar-refractivity contribution >= 4 is 82.8 Å². The number of benzene rings is 3. The summed E-state index contributed by atoms with van der Waals surface area (Å²) < 4.78 is 32.1. The number of thioether (sulfide) groups is 1. The lowest BCUT2D eigenvalue weighted by Gasteiger charge is -2.19. The Morgan fingerprint density at radius 2 is 1.84 bits per heavy atom. The second-order valence-corrected chi connectivity index (χ2v) is 12.5. The Labute approximate surface area is 232 Å². The zero-order chi connectivity index (χ0) is 26.9. The van der Waals surface area contributed by atoms with Gasteiger partial charge in [-0.3, -0.25) is 14.9 Å². The SMILES string of the molecule is COC(=O)c1ccc(C=C2Sc3ccc(S(=O)(=O)Cc4c(Br)cccc4Br)cc3NC2=O)c([N+](=O)[O-])c1. The lowest BCUT2D eigenvalue weighted by atomic mass is 10.1. The summed E-state index contributed by atoms with van der Waals surface area (Å²) in [5.41, 5.74) is 0.649. The van der Waals surface area contributed by atoms with E-state index in [1.165, 1.54) is 37.5 Å². The van der Waals surface area contributed by atoms with Crippen LogP contribution in [0.3, 0.4) is 0 Å². The molecule has 1 N–H and O–H groups in total. The van der Waals surface area contributed by atoms with Gasteiger partial charge < -0.3 is 10.1 Å². The average Bonchev–Trinajstić information content (AvgIpc) is 2.86. The highest BCUT2D eigenvalue weighted by Gasteiger charge is 2.26. The number of nitrogens with one attached hydrogen (secondary N) is 1. The van der Waals surface area contributed by atoms with Gasteiger partial charge in [0, 0.05) is 19.9 Å². The number of rotatable bonds is 6. The lowest BCUT2D eigenvalue weighted by Crippen LogP contribution is -2.18. The Hall–Kier alpha value is -3.00. The Kier molecular flexibility index (Phi) is 7.88. The number of amides is 1. The number of carbonyl (C=O) groups excluding carboxylic acids is 2. The molecule has 13 heteroatoms. The fourth-order valence-electron chi connectivity index (χ4n) is 3.49. The highest BCUT2D eigenvalue weighted by atomic mass is 79.9. The molecule has 190 valence electrons. The molecule has 37 heavy (non-hydrogen) atoms. The predicted molar refractivity (Wildman–Crippen MR) is 146 cm³/mol. The molecule has 0 atom stereocenters. The van der Waals surface area contributed by atoms with Crippen molar-refractivity contribution in [2.75, 3.05) is 12.4 Å². The molecule has 0 unspecified atom stereocenters. The number of nitrogens with zero attached hydrogens (tertiary/aromatic N) is 1. The normalized spacial score (nSPS) is 14.1. The van der Waals surface area contributed by atoms with Crippen molar-refractivity contribution < 1.29 is 27.7 Å². The minimum Gasteiger partial charge on any atom is -0.465 e. The van der Waals surface area contributed by atoms with Crippen LogP contribution in [0, 0.1) is 10.1 Å². The summed E-state index contributed by atoms with van der Waals surface area (Å²) in [6.07, 6.45) is 1.34. The minimum absolute atomic E-state index is 0.00532. The smallest absolute Gasteiger partial charge is 0.338 e. The van der Waals surface area contributed by atoms with Crippen LogP contribution in [0.1, 0.15) is 21.5 Å². The Bertz CT molecular complexity index is 1580.